The van der Waals surface area contributed by atoms with E-state index in [1.807, 2.05) is 6.07 Å². The Morgan fingerprint density at radius 3 is 3.00 bits per heavy atom. The molecule has 0 atom stereocenters. The number of benzene rings is 1. The summed E-state index contributed by atoms with van der Waals surface area (Å²) in [6.07, 6.45) is 4.40. The molecule has 1 aromatic rings. The number of ether oxygens (including phenoxy) is 1. The summed E-state index contributed by atoms with van der Waals surface area (Å²) in [4.78, 5) is 0. The molecule has 0 unspecified atom stereocenters. The van der Waals surface area contributed by atoms with Crippen LogP contribution in [0.1, 0.15) is 24.0 Å². The summed E-state index contributed by atoms with van der Waals surface area (Å²) in [7, 11) is 0. The average Bonchev–Trinajstić information content (AvgIpc) is 3.13. The molecular weight excluding hydrogens is 234 g/mol. The van der Waals surface area contributed by atoms with Crippen LogP contribution in [0.5, 0.6) is 5.75 Å². The zero-order valence-corrected chi connectivity index (χ0v) is 10.8. The van der Waals surface area contributed by atoms with Gasteiger partial charge >= 0.3 is 0 Å². The molecule has 1 aliphatic rings. The zero-order chi connectivity index (χ0) is 12.1. The molecular formula is C14H18ClNO. The van der Waals surface area contributed by atoms with Gasteiger partial charge in [0, 0.05) is 23.7 Å². The third-order valence-electron chi connectivity index (χ3n) is 2.80. The Hall–Kier alpha value is -0.990. The lowest BCUT2D eigenvalue weighted by molar-refractivity contribution is 0.357. The maximum absolute atomic E-state index is 5.67. The number of halogens is 1. The van der Waals surface area contributed by atoms with E-state index < -0.39 is 0 Å². The third kappa shape index (κ3) is 4.06. The molecule has 2 nitrogen and oxygen atoms in total. The minimum Gasteiger partial charge on any atom is -0.489 e. The predicted octanol–water partition coefficient (Wildman–Crippen LogP) is 3.38. The first-order valence-electron chi connectivity index (χ1n) is 6.00. The van der Waals surface area contributed by atoms with Crippen molar-refractivity contribution in [3.63, 3.8) is 0 Å². The molecule has 0 bridgehead atoms. The topological polar surface area (TPSA) is 21.3 Å². The van der Waals surface area contributed by atoms with Gasteiger partial charge in [0.25, 0.3) is 0 Å². The second-order valence-electron chi connectivity index (χ2n) is 4.44. The Kier molecular flexibility index (Phi) is 4.46. The quantitative estimate of drug-likeness (QED) is 0.837. The second-order valence-corrected chi connectivity index (χ2v) is 4.69. The number of aryl methyl sites for hydroxylation is 1. The van der Waals surface area contributed by atoms with Crippen LogP contribution >= 0.6 is 11.6 Å². The van der Waals surface area contributed by atoms with Crippen LogP contribution in [0.25, 0.3) is 0 Å². The number of hydrogen-bond acceptors (Lipinski definition) is 2. The fourth-order valence-electron chi connectivity index (χ4n) is 1.70. The Bertz CT molecular complexity index is 399. The summed E-state index contributed by atoms with van der Waals surface area (Å²) in [6, 6.07) is 6.99. The minimum atomic E-state index is 0.517. The van der Waals surface area contributed by atoms with Crippen molar-refractivity contribution in [2.45, 2.75) is 32.4 Å². The van der Waals surface area contributed by atoms with E-state index in [0.717, 1.165) is 12.3 Å². The lowest BCUT2D eigenvalue weighted by Gasteiger charge is -2.11. The van der Waals surface area contributed by atoms with Gasteiger partial charge in [-0.15, -0.1) is 0 Å². The van der Waals surface area contributed by atoms with Crippen molar-refractivity contribution < 1.29 is 4.74 Å². The largest absolute Gasteiger partial charge is 0.489 e. The first-order chi connectivity index (χ1) is 8.29. The van der Waals surface area contributed by atoms with Gasteiger partial charge in [-0.3, -0.25) is 0 Å². The van der Waals surface area contributed by atoms with Gasteiger partial charge in [-0.1, -0.05) is 29.3 Å². The van der Waals surface area contributed by atoms with Gasteiger partial charge in [0.15, 0.2) is 0 Å². The maximum Gasteiger partial charge on any atom is 0.124 e. The minimum absolute atomic E-state index is 0.517. The zero-order valence-electron chi connectivity index (χ0n) is 10.1. The lowest BCUT2D eigenvalue weighted by atomic mass is 10.1. The van der Waals surface area contributed by atoms with Crippen LogP contribution in [0.3, 0.4) is 0 Å². The van der Waals surface area contributed by atoms with Gasteiger partial charge in [-0.2, -0.15) is 0 Å². The van der Waals surface area contributed by atoms with Crippen molar-refractivity contribution in [2.75, 3.05) is 6.61 Å². The normalized spacial score (nSPS) is 15.4. The van der Waals surface area contributed by atoms with E-state index in [2.05, 4.69) is 24.4 Å². The molecule has 0 aromatic heterocycles. The first kappa shape index (κ1) is 12.5. The highest BCUT2D eigenvalue weighted by Crippen LogP contribution is 2.23. The lowest BCUT2D eigenvalue weighted by Crippen LogP contribution is -2.16. The van der Waals surface area contributed by atoms with Crippen LogP contribution < -0.4 is 10.1 Å². The highest BCUT2D eigenvalue weighted by atomic mass is 35.5. The summed E-state index contributed by atoms with van der Waals surface area (Å²) in [5, 5.41) is 3.51. The summed E-state index contributed by atoms with van der Waals surface area (Å²) in [6.45, 7) is 3.50. The number of nitrogens with one attached hydrogen (secondary N) is 1. The second kappa shape index (κ2) is 6.08. The molecule has 17 heavy (non-hydrogen) atoms. The van der Waals surface area contributed by atoms with E-state index in [0.29, 0.717) is 12.6 Å². The van der Waals surface area contributed by atoms with Gasteiger partial charge in [-0.05, 0) is 31.9 Å². The molecule has 0 saturated heterocycles. The van der Waals surface area contributed by atoms with Crippen molar-refractivity contribution in [3.8, 4) is 5.75 Å². The summed E-state index contributed by atoms with van der Waals surface area (Å²) < 4.78 is 5.67. The number of rotatable bonds is 6. The highest BCUT2D eigenvalue weighted by molar-refractivity contribution is 6.25. The van der Waals surface area contributed by atoms with Crippen molar-refractivity contribution in [1.29, 1.82) is 0 Å². The highest BCUT2D eigenvalue weighted by Gasteiger charge is 2.20. The molecule has 1 N–H and O–H groups in total. The Morgan fingerprint density at radius 2 is 2.29 bits per heavy atom. The summed E-state index contributed by atoms with van der Waals surface area (Å²) >= 11 is 5.47. The Balaban J connectivity index is 2.00. The molecule has 2 rings (SSSR count). The van der Waals surface area contributed by atoms with Crippen LogP contribution in [-0.2, 0) is 6.54 Å². The number of hydrogen-bond donors (Lipinski definition) is 1. The Morgan fingerprint density at radius 1 is 1.47 bits per heavy atom. The molecule has 1 aromatic carbocycles. The summed E-state index contributed by atoms with van der Waals surface area (Å²) in [5.41, 5.74) is 3.97. The fourth-order valence-corrected chi connectivity index (χ4v) is 1.78. The molecule has 0 heterocycles. The maximum atomic E-state index is 5.67. The van der Waals surface area contributed by atoms with Gasteiger partial charge in [0.1, 0.15) is 12.4 Å². The molecule has 1 aliphatic carbocycles. The molecule has 92 valence electrons. The van der Waals surface area contributed by atoms with Crippen LogP contribution in [0, 0.1) is 6.92 Å². The van der Waals surface area contributed by atoms with E-state index in [1.54, 1.807) is 6.08 Å². The van der Waals surface area contributed by atoms with Crippen molar-refractivity contribution >= 4 is 11.6 Å². The van der Waals surface area contributed by atoms with Crippen molar-refractivity contribution in [2.24, 2.45) is 0 Å². The van der Waals surface area contributed by atoms with E-state index in [4.69, 9.17) is 16.3 Å². The van der Waals surface area contributed by atoms with E-state index >= 15 is 0 Å². The molecule has 3 heteroatoms. The van der Waals surface area contributed by atoms with Gasteiger partial charge in [0.05, 0.1) is 0 Å². The van der Waals surface area contributed by atoms with Gasteiger partial charge in [0.2, 0.25) is 0 Å². The third-order valence-corrected chi connectivity index (χ3v) is 2.98. The standard InChI is InChI=1S/C14H18ClNO/c1-11-3-6-14(17-8-2-7-15)12(9-11)10-16-13-4-5-13/h2-3,6-7,9,13,16H,4-5,8,10H2,1H3. The molecule has 0 spiro atoms. The van der Waals surface area contributed by atoms with E-state index in [9.17, 15) is 0 Å². The van der Waals surface area contributed by atoms with E-state index in [-0.39, 0.29) is 0 Å². The molecule has 0 aliphatic heterocycles. The monoisotopic (exact) mass is 251 g/mol. The van der Waals surface area contributed by atoms with Crippen molar-refractivity contribution in [3.05, 3.63) is 40.9 Å². The van der Waals surface area contributed by atoms with Crippen LogP contribution in [0.4, 0.5) is 0 Å². The molecule has 1 fully saturated rings. The van der Waals surface area contributed by atoms with Crippen LogP contribution in [0.2, 0.25) is 0 Å². The first-order valence-corrected chi connectivity index (χ1v) is 6.44. The van der Waals surface area contributed by atoms with Crippen molar-refractivity contribution in [1.82, 2.24) is 5.32 Å². The smallest absolute Gasteiger partial charge is 0.124 e. The summed E-state index contributed by atoms with van der Waals surface area (Å²) in [5.74, 6) is 0.943. The van der Waals surface area contributed by atoms with Gasteiger partial charge < -0.3 is 10.1 Å². The average molecular weight is 252 g/mol. The van der Waals surface area contributed by atoms with E-state index in [1.165, 1.54) is 29.5 Å². The SMILES string of the molecule is Cc1ccc(OCC=CCl)c(CNC2CC2)c1. The molecule has 0 radical (unpaired) electrons. The predicted molar refractivity (Wildman–Crippen MR) is 71.5 cm³/mol. The fraction of sp³-hybridized carbons (Fsp3) is 0.429. The van der Waals surface area contributed by atoms with Crippen LogP contribution in [0.15, 0.2) is 29.8 Å². The molecule has 0 amide bonds. The molecule has 1 saturated carbocycles. The van der Waals surface area contributed by atoms with Crippen LogP contribution in [-0.4, -0.2) is 12.6 Å². The Labute approximate surface area is 108 Å². The van der Waals surface area contributed by atoms with Gasteiger partial charge in [-0.25, -0.2) is 0 Å².